The van der Waals surface area contributed by atoms with E-state index in [9.17, 15) is 8.42 Å². The minimum Gasteiger partial charge on any atom is -0.215 e. The van der Waals surface area contributed by atoms with Gasteiger partial charge in [0.1, 0.15) is 6.33 Å². The van der Waals surface area contributed by atoms with Gasteiger partial charge in [-0.1, -0.05) is 12.8 Å². The molecule has 1 N–H and O–H groups in total. The van der Waals surface area contributed by atoms with Crippen LogP contribution in [0.25, 0.3) is 4.96 Å². The molecule has 3 rings (SSSR count). The second kappa shape index (κ2) is 5.18. The van der Waals surface area contributed by atoms with Crippen molar-refractivity contribution < 1.29 is 8.42 Å². The summed E-state index contributed by atoms with van der Waals surface area (Å²) in [7, 11) is -3.15. The molecule has 0 radical (unpaired) electrons. The van der Waals surface area contributed by atoms with Gasteiger partial charge in [0, 0.05) is 18.3 Å². The second-order valence-electron chi connectivity index (χ2n) is 4.78. The number of nitrogens with one attached hydrogen (secondary N) is 1. The first-order valence-electron chi connectivity index (χ1n) is 6.41. The van der Waals surface area contributed by atoms with Crippen LogP contribution < -0.4 is 4.72 Å². The van der Waals surface area contributed by atoms with Gasteiger partial charge in [0.2, 0.25) is 15.0 Å². The molecule has 0 aromatic carbocycles. The SMILES string of the molecule is O=S(=O)(NCCc1csc2ncnn12)C1CCCC1. The third kappa shape index (κ3) is 2.65. The average Bonchev–Trinajstić information content (AvgIpc) is 3.07. The minimum absolute atomic E-state index is 0.193. The first-order chi connectivity index (χ1) is 9.17. The summed E-state index contributed by atoms with van der Waals surface area (Å²) < 4.78 is 28.5. The highest BCUT2D eigenvalue weighted by Gasteiger charge is 2.28. The van der Waals surface area contributed by atoms with Crippen LogP contribution >= 0.6 is 11.3 Å². The quantitative estimate of drug-likeness (QED) is 0.900. The van der Waals surface area contributed by atoms with E-state index < -0.39 is 10.0 Å². The molecule has 0 amide bonds. The second-order valence-corrected chi connectivity index (χ2v) is 7.66. The maximum Gasteiger partial charge on any atom is 0.214 e. The van der Waals surface area contributed by atoms with Gasteiger partial charge in [-0.25, -0.2) is 22.6 Å². The topological polar surface area (TPSA) is 76.4 Å². The van der Waals surface area contributed by atoms with E-state index in [1.165, 1.54) is 17.7 Å². The zero-order valence-corrected chi connectivity index (χ0v) is 12.1. The van der Waals surface area contributed by atoms with Crippen molar-refractivity contribution in [2.75, 3.05) is 6.54 Å². The van der Waals surface area contributed by atoms with Crippen LogP contribution in [-0.2, 0) is 16.4 Å². The summed E-state index contributed by atoms with van der Waals surface area (Å²) in [6.07, 6.45) is 5.78. The summed E-state index contributed by atoms with van der Waals surface area (Å²) in [5.74, 6) is 0. The van der Waals surface area contributed by atoms with Gasteiger partial charge in [-0.2, -0.15) is 5.10 Å². The Morgan fingerprint density at radius 3 is 3.00 bits per heavy atom. The van der Waals surface area contributed by atoms with Crippen molar-refractivity contribution in [3.63, 3.8) is 0 Å². The lowest BCUT2D eigenvalue weighted by Crippen LogP contribution is -2.34. The van der Waals surface area contributed by atoms with Crippen LogP contribution in [0.3, 0.4) is 0 Å². The van der Waals surface area contributed by atoms with E-state index in [2.05, 4.69) is 14.8 Å². The number of sulfonamides is 1. The van der Waals surface area contributed by atoms with E-state index in [0.29, 0.717) is 13.0 Å². The van der Waals surface area contributed by atoms with Gasteiger partial charge in [-0.3, -0.25) is 0 Å². The van der Waals surface area contributed by atoms with Crippen LogP contribution in [0.2, 0.25) is 0 Å². The largest absolute Gasteiger partial charge is 0.215 e. The molecular formula is C11H16N4O2S2. The maximum atomic E-state index is 12.0. The molecule has 104 valence electrons. The lowest BCUT2D eigenvalue weighted by molar-refractivity contribution is 0.564. The van der Waals surface area contributed by atoms with E-state index in [-0.39, 0.29) is 5.25 Å². The Morgan fingerprint density at radius 1 is 1.42 bits per heavy atom. The van der Waals surface area contributed by atoms with Crippen molar-refractivity contribution in [1.29, 1.82) is 0 Å². The molecular weight excluding hydrogens is 284 g/mol. The summed E-state index contributed by atoms with van der Waals surface area (Å²) in [6.45, 7) is 0.421. The summed E-state index contributed by atoms with van der Waals surface area (Å²) in [5, 5.41) is 5.89. The molecule has 0 atom stereocenters. The predicted octanol–water partition coefficient (Wildman–Crippen LogP) is 1.20. The summed E-state index contributed by atoms with van der Waals surface area (Å²) in [5.41, 5.74) is 0.992. The fraction of sp³-hybridized carbons (Fsp3) is 0.636. The van der Waals surface area contributed by atoms with Gasteiger partial charge < -0.3 is 0 Å². The highest BCUT2D eigenvalue weighted by molar-refractivity contribution is 7.90. The van der Waals surface area contributed by atoms with Crippen LogP contribution in [-0.4, -0.2) is 34.8 Å². The Morgan fingerprint density at radius 2 is 2.21 bits per heavy atom. The van der Waals surface area contributed by atoms with Crippen LogP contribution in [0.1, 0.15) is 31.4 Å². The van der Waals surface area contributed by atoms with Crippen LogP contribution in [0, 0.1) is 0 Å². The molecule has 19 heavy (non-hydrogen) atoms. The van der Waals surface area contributed by atoms with Crippen LogP contribution in [0.5, 0.6) is 0 Å². The van der Waals surface area contributed by atoms with E-state index >= 15 is 0 Å². The first-order valence-corrected chi connectivity index (χ1v) is 8.84. The molecule has 1 saturated carbocycles. The number of fused-ring (bicyclic) bond motifs is 1. The molecule has 0 bridgehead atoms. The smallest absolute Gasteiger partial charge is 0.214 e. The third-order valence-electron chi connectivity index (χ3n) is 3.51. The van der Waals surface area contributed by atoms with Gasteiger partial charge in [0.15, 0.2) is 0 Å². The van der Waals surface area contributed by atoms with Gasteiger partial charge in [-0.05, 0) is 12.8 Å². The molecule has 8 heteroatoms. The highest BCUT2D eigenvalue weighted by Crippen LogP contribution is 2.23. The number of rotatable bonds is 5. The minimum atomic E-state index is -3.15. The first kappa shape index (κ1) is 13.0. The zero-order valence-electron chi connectivity index (χ0n) is 10.4. The Labute approximate surface area is 115 Å². The van der Waals surface area contributed by atoms with Gasteiger partial charge in [-0.15, -0.1) is 11.3 Å². The molecule has 0 saturated heterocycles. The van der Waals surface area contributed by atoms with Crippen molar-refractivity contribution in [2.45, 2.75) is 37.4 Å². The Balaban J connectivity index is 1.60. The number of nitrogens with zero attached hydrogens (tertiary/aromatic N) is 3. The molecule has 1 fully saturated rings. The fourth-order valence-electron chi connectivity index (χ4n) is 2.48. The Kier molecular flexibility index (Phi) is 3.55. The Hall–Kier alpha value is -0.990. The normalized spacial score (nSPS) is 17.5. The van der Waals surface area contributed by atoms with E-state index in [4.69, 9.17) is 0 Å². The average molecular weight is 300 g/mol. The van der Waals surface area contributed by atoms with Crippen molar-refractivity contribution in [2.24, 2.45) is 0 Å². The predicted molar refractivity (Wildman–Crippen MR) is 73.7 cm³/mol. The molecule has 1 aliphatic rings. The van der Waals surface area contributed by atoms with Crippen molar-refractivity contribution in [3.8, 4) is 0 Å². The molecule has 2 aromatic heterocycles. The lowest BCUT2D eigenvalue weighted by atomic mass is 10.3. The Bertz CT molecular complexity index is 655. The number of aromatic nitrogens is 3. The lowest BCUT2D eigenvalue weighted by Gasteiger charge is -2.11. The summed E-state index contributed by atoms with van der Waals surface area (Å²) >= 11 is 1.52. The van der Waals surface area contributed by atoms with Gasteiger partial charge >= 0.3 is 0 Å². The van der Waals surface area contributed by atoms with Crippen molar-refractivity contribution in [1.82, 2.24) is 19.3 Å². The van der Waals surface area contributed by atoms with Crippen LogP contribution in [0.4, 0.5) is 0 Å². The van der Waals surface area contributed by atoms with E-state index in [0.717, 1.165) is 36.3 Å². The van der Waals surface area contributed by atoms with Gasteiger partial charge in [0.05, 0.1) is 10.9 Å². The van der Waals surface area contributed by atoms with Crippen molar-refractivity contribution >= 4 is 26.3 Å². The zero-order chi connectivity index (χ0) is 13.3. The number of hydrogen-bond acceptors (Lipinski definition) is 5. The van der Waals surface area contributed by atoms with Gasteiger partial charge in [0.25, 0.3) is 0 Å². The third-order valence-corrected chi connectivity index (χ3v) is 6.35. The maximum absolute atomic E-state index is 12.0. The molecule has 0 spiro atoms. The fourth-order valence-corrected chi connectivity index (χ4v) is 4.89. The molecule has 2 heterocycles. The number of thiazole rings is 1. The summed E-state index contributed by atoms with van der Waals surface area (Å²) in [6, 6.07) is 0. The van der Waals surface area contributed by atoms with E-state index in [1.807, 2.05) is 5.38 Å². The standard InChI is InChI=1S/C11H16N4O2S2/c16-19(17,10-3-1-2-4-10)14-6-5-9-7-18-11-12-8-13-15(9)11/h7-8,10,14H,1-6H2. The van der Waals surface area contributed by atoms with E-state index in [1.54, 1.807) is 4.52 Å². The van der Waals surface area contributed by atoms with Crippen molar-refractivity contribution in [3.05, 3.63) is 17.4 Å². The molecule has 1 aliphatic carbocycles. The molecule has 0 unspecified atom stereocenters. The van der Waals surface area contributed by atoms with Crippen LogP contribution in [0.15, 0.2) is 11.7 Å². The summed E-state index contributed by atoms with van der Waals surface area (Å²) in [4.78, 5) is 4.93. The number of hydrogen-bond donors (Lipinski definition) is 1. The highest BCUT2D eigenvalue weighted by atomic mass is 32.2. The monoisotopic (exact) mass is 300 g/mol. The molecule has 6 nitrogen and oxygen atoms in total. The molecule has 0 aliphatic heterocycles. The molecule has 2 aromatic rings.